The summed E-state index contributed by atoms with van der Waals surface area (Å²) in [6.07, 6.45) is 3.32. The molecule has 1 heterocycles. The maximum atomic E-state index is 14.1. The van der Waals surface area contributed by atoms with Gasteiger partial charge in [-0.2, -0.15) is 0 Å². The van der Waals surface area contributed by atoms with Crippen LogP contribution < -0.4 is 0 Å². The van der Waals surface area contributed by atoms with Crippen molar-refractivity contribution in [1.29, 1.82) is 0 Å². The fraction of sp³-hybridized carbons (Fsp3) is 0.235. The summed E-state index contributed by atoms with van der Waals surface area (Å²) in [5.41, 5.74) is 0.601. The number of nitrogens with zero attached hydrogens (tertiary/aromatic N) is 1. The molecule has 1 aromatic carbocycles. The van der Waals surface area contributed by atoms with Crippen LogP contribution in [0.2, 0.25) is 0 Å². The summed E-state index contributed by atoms with van der Waals surface area (Å²) in [6.45, 7) is 8.34. The smallest absolute Gasteiger partial charge is 0.264 e. The molecule has 0 saturated carbocycles. The van der Waals surface area contributed by atoms with Crippen LogP contribution in [0, 0.1) is 5.82 Å². The number of halogens is 1. The summed E-state index contributed by atoms with van der Waals surface area (Å²) >= 11 is 1.29. The van der Waals surface area contributed by atoms with E-state index in [9.17, 15) is 9.18 Å². The summed E-state index contributed by atoms with van der Waals surface area (Å²) in [5.74, 6) is -0.494. The molecule has 22 heavy (non-hydrogen) atoms. The van der Waals surface area contributed by atoms with E-state index in [-0.39, 0.29) is 18.3 Å². The van der Waals surface area contributed by atoms with Gasteiger partial charge in [-0.3, -0.25) is 4.79 Å². The minimum atomic E-state index is -0.334. The van der Waals surface area contributed by atoms with Crippen LogP contribution >= 0.6 is 11.3 Å². The van der Waals surface area contributed by atoms with Crippen LogP contribution in [0.25, 0.3) is 10.1 Å². The van der Waals surface area contributed by atoms with Gasteiger partial charge in [0.15, 0.2) is 0 Å². The van der Waals surface area contributed by atoms with Gasteiger partial charge in [0, 0.05) is 35.8 Å². The first-order chi connectivity index (χ1) is 10.6. The van der Waals surface area contributed by atoms with Gasteiger partial charge in [-0.05, 0) is 12.1 Å². The molecule has 0 aliphatic heterocycles. The van der Waals surface area contributed by atoms with Gasteiger partial charge in [-0.25, -0.2) is 4.39 Å². The molecule has 0 N–H and O–H groups in total. The predicted molar refractivity (Wildman–Crippen MR) is 88.8 cm³/mol. The molecule has 1 aromatic heterocycles. The van der Waals surface area contributed by atoms with E-state index in [0.717, 1.165) is 4.70 Å². The number of hydrogen-bond acceptors (Lipinski definition) is 3. The summed E-state index contributed by atoms with van der Waals surface area (Å²) in [4.78, 5) is 14.9. The van der Waals surface area contributed by atoms with Gasteiger partial charge in [0.1, 0.15) is 5.82 Å². The zero-order valence-electron chi connectivity index (χ0n) is 12.5. The molecule has 5 heteroatoms. The Hall–Kier alpha value is -1.98. The molecule has 0 fully saturated rings. The topological polar surface area (TPSA) is 29.5 Å². The summed E-state index contributed by atoms with van der Waals surface area (Å²) in [7, 11) is 1.53. The van der Waals surface area contributed by atoms with Gasteiger partial charge in [0.2, 0.25) is 0 Å². The Morgan fingerprint density at radius 1 is 1.36 bits per heavy atom. The van der Waals surface area contributed by atoms with E-state index in [4.69, 9.17) is 4.74 Å². The first kappa shape index (κ1) is 16.4. The molecular formula is C17H18FNO2S. The average molecular weight is 319 g/mol. The highest BCUT2D eigenvalue weighted by atomic mass is 32.1. The number of fused-ring (bicyclic) bond motifs is 1. The Kier molecular flexibility index (Phi) is 5.46. The highest BCUT2D eigenvalue weighted by Gasteiger charge is 2.23. The zero-order valence-corrected chi connectivity index (χ0v) is 13.3. The largest absolute Gasteiger partial charge is 0.380 e. The molecule has 0 aliphatic rings. The van der Waals surface area contributed by atoms with Crippen LogP contribution in [0.4, 0.5) is 4.39 Å². The lowest BCUT2D eigenvalue weighted by atomic mass is 10.1. The molecule has 0 radical (unpaired) electrons. The van der Waals surface area contributed by atoms with Gasteiger partial charge in [-0.1, -0.05) is 18.2 Å². The van der Waals surface area contributed by atoms with E-state index in [1.54, 1.807) is 23.1 Å². The SMILES string of the molecule is C=CCN(CC=C)C(=O)c1sc2cccc(F)c2c1COC. The molecule has 0 aliphatic carbocycles. The van der Waals surface area contributed by atoms with Gasteiger partial charge >= 0.3 is 0 Å². The predicted octanol–water partition coefficient (Wildman–Crippen LogP) is 4.00. The van der Waals surface area contributed by atoms with E-state index in [1.807, 2.05) is 6.07 Å². The first-order valence-electron chi connectivity index (χ1n) is 6.83. The second-order valence-electron chi connectivity index (χ2n) is 4.74. The maximum Gasteiger partial charge on any atom is 0.264 e. The first-order valence-corrected chi connectivity index (χ1v) is 7.65. The second kappa shape index (κ2) is 7.33. The minimum Gasteiger partial charge on any atom is -0.380 e. The Balaban J connectivity index is 2.55. The van der Waals surface area contributed by atoms with Crippen LogP contribution in [-0.2, 0) is 11.3 Å². The molecule has 0 bridgehead atoms. The summed E-state index contributed by atoms with van der Waals surface area (Å²) in [5, 5.41) is 0.467. The van der Waals surface area contributed by atoms with Crippen molar-refractivity contribution in [1.82, 2.24) is 4.90 Å². The van der Waals surface area contributed by atoms with E-state index in [0.29, 0.717) is 28.9 Å². The Labute approximate surface area is 133 Å². The quantitative estimate of drug-likeness (QED) is 0.722. The van der Waals surface area contributed by atoms with Crippen molar-refractivity contribution >= 4 is 27.3 Å². The Morgan fingerprint density at radius 2 is 2.05 bits per heavy atom. The Bertz CT molecular complexity index is 698. The van der Waals surface area contributed by atoms with Crippen molar-refractivity contribution in [2.75, 3.05) is 20.2 Å². The molecule has 0 saturated heterocycles. The average Bonchev–Trinajstić information content (AvgIpc) is 2.87. The van der Waals surface area contributed by atoms with Gasteiger partial charge < -0.3 is 9.64 Å². The third-order valence-corrected chi connectivity index (χ3v) is 4.42. The molecule has 1 amide bonds. The molecule has 0 atom stereocenters. The number of carbonyl (C=O) groups excluding carboxylic acids is 1. The zero-order chi connectivity index (χ0) is 16.1. The van der Waals surface area contributed by atoms with E-state index in [2.05, 4.69) is 13.2 Å². The number of benzene rings is 1. The third kappa shape index (κ3) is 3.10. The number of thiophene rings is 1. The van der Waals surface area contributed by atoms with E-state index < -0.39 is 0 Å². The molecule has 3 nitrogen and oxygen atoms in total. The van der Waals surface area contributed by atoms with Crippen molar-refractivity contribution in [3.8, 4) is 0 Å². The number of rotatable bonds is 7. The third-order valence-electron chi connectivity index (χ3n) is 3.23. The number of amides is 1. The van der Waals surface area contributed by atoms with Crippen LogP contribution in [0.3, 0.4) is 0 Å². The second-order valence-corrected chi connectivity index (χ2v) is 5.80. The monoisotopic (exact) mass is 319 g/mol. The van der Waals surface area contributed by atoms with Crippen molar-refractivity contribution in [2.24, 2.45) is 0 Å². The fourth-order valence-corrected chi connectivity index (χ4v) is 3.51. The summed E-state index contributed by atoms with van der Waals surface area (Å²) < 4.78 is 20.0. The van der Waals surface area contributed by atoms with Crippen LogP contribution in [-0.4, -0.2) is 31.0 Å². The normalized spacial score (nSPS) is 10.6. The van der Waals surface area contributed by atoms with Gasteiger partial charge in [0.05, 0.1) is 11.5 Å². The lowest BCUT2D eigenvalue weighted by Gasteiger charge is -2.19. The number of hydrogen-bond donors (Lipinski definition) is 0. The Morgan fingerprint density at radius 3 is 2.64 bits per heavy atom. The molecular weight excluding hydrogens is 301 g/mol. The molecule has 0 spiro atoms. The van der Waals surface area contributed by atoms with Gasteiger partial charge in [-0.15, -0.1) is 24.5 Å². The van der Waals surface area contributed by atoms with Crippen molar-refractivity contribution in [2.45, 2.75) is 6.61 Å². The standard InChI is InChI=1S/C17H18FNO2S/c1-4-9-19(10-5-2)17(20)16-12(11-21-3)15-13(18)7-6-8-14(15)22-16/h4-8H,1-2,9-11H2,3H3. The number of methoxy groups -OCH3 is 1. The number of ether oxygens (including phenoxy) is 1. The van der Waals surface area contributed by atoms with Gasteiger partial charge in [0.25, 0.3) is 5.91 Å². The van der Waals surface area contributed by atoms with E-state index in [1.165, 1.54) is 24.5 Å². The lowest BCUT2D eigenvalue weighted by molar-refractivity contribution is 0.0791. The minimum absolute atomic E-state index is 0.160. The van der Waals surface area contributed by atoms with Crippen LogP contribution in [0.5, 0.6) is 0 Å². The summed E-state index contributed by atoms with van der Waals surface area (Å²) in [6, 6.07) is 4.85. The molecule has 0 unspecified atom stereocenters. The fourth-order valence-electron chi connectivity index (χ4n) is 2.32. The molecule has 116 valence electrons. The number of carbonyl (C=O) groups is 1. The molecule has 2 rings (SSSR count). The molecule has 2 aromatic rings. The highest BCUT2D eigenvalue weighted by molar-refractivity contribution is 7.21. The van der Waals surface area contributed by atoms with Crippen molar-refractivity contribution in [3.63, 3.8) is 0 Å². The highest BCUT2D eigenvalue weighted by Crippen LogP contribution is 2.34. The van der Waals surface area contributed by atoms with Crippen LogP contribution in [0.15, 0.2) is 43.5 Å². The van der Waals surface area contributed by atoms with Crippen molar-refractivity contribution < 1.29 is 13.9 Å². The van der Waals surface area contributed by atoms with E-state index >= 15 is 0 Å². The van der Waals surface area contributed by atoms with Crippen molar-refractivity contribution in [3.05, 3.63) is 59.8 Å². The van der Waals surface area contributed by atoms with Crippen LogP contribution in [0.1, 0.15) is 15.2 Å². The lowest BCUT2D eigenvalue weighted by Crippen LogP contribution is -2.31. The maximum absolute atomic E-state index is 14.1.